The number of halogens is 7. The van der Waals surface area contributed by atoms with E-state index in [2.05, 4.69) is 0 Å². The minimum Gasteiger partial charge on any atom is -0.351 e. The number of hydrogen-bond acceptors (Lipinski definition) is 2. The molecule has 2 aromatic carbocycles. The van der Waals surface area contributed by atoms with Gasteiger partial charge in [0.05, 0.1) is 22.9 Å². The van der Waals surface area contributed by atoms with Gasteiger partial charge < -0.3 is 10.6 Å². The van der Waals surface area contributed by atoms with Crippen LogP contribution in [0, 0.1) is 0 Å². The highest BCUT2D eigenvalue weighted by Crippen LogP contribution is 2.40. The van der Waals surface area contributed by atoms with E-state index in [1.54, 1.807) is 6.07 Å². The third-order valence-electron chi connectivity index (χ3n) is 5.55. The van der Waals surface area contributed by atoms with E-state index in [1.807, 2.05) is 0 Å². The molecule has 2 aromatic rings. The Morgan fingerprint density at radius 3 is 2.15 bits per heavy atom. The highest BCUT2D eigenvalue weighted by molar-refractivity contribution is 6.31. The molecular formula is C22H20ClF6N3O2. The number of hydrogen-bond donors (Lipinski definition) is 1. The van der Waals surface area contributed by atoms with E-state index in [1.165, 1.54) is 28.9 Å². The number of anilines is 1. The van der Waals surface area contributed by atoms with Gasteiger partial charge >= 0.3 is 18.4 Å². The van der Waals surface area contributed by atoms with E-state index in [9.17, 15) is 35.9 Å². The largest absolute Gasteiger partial charge is 0.416 e. The maximum absolute atomic E-state index is 13.3. The Kier molecular flexibility index (Phi) is 7.07. The first-order valence-corrected chi connectivity index (χ1v) is 10.5. The number of carbonyl (C=O) groups excluding carboxylic acids is 2. The predicted molar refractivity (Wildman–Crippen MR) is 113 cm³/mol. The van der Waals surface area contributed by atoms with Crippen LogP contribution in [-0.4, -0.2) is 23.4 Å². The van der Waals surface area contributed by atoms with E-state index in [0.717, 1.165) is 0 Å². The Morgan fingerprint density at radius 2 is 1.65 bits per heavy atom. The number of amides is 3. The zero-order chi connectivity index (χ0) is 25.4. The summed E-state index contributed by atoms with van der Waals surface area (Å²) in [7, 11) is 0. The maximum Gasteiger partial charge on any atom is 0.416 e. The molecule has 5 nitrogen and oxygen atoms in total. The highest BCUT2D eigenvalue weighted by Gasteiger charge is 2.38. The van der Waals surface area contributed by atoms with Gasteiger partial charge in [-0.15, -0.1) is 0 Å². The summed E-state index contributed by atoms with van der Waals surface area (Å²) in [6.07, 6.45) is -9.35. The van der Waals surface area contributed by atoms with Crippen molar-refractivity contribution in [3.05, 3.63) is 63.7 Å². The molecule has 1 atom stereocenters. The number of primary amides is 1. The maximum atomic E-state index is 13.3. The number of alkyl halides is 6. The third-order valence-corrected chi connectivity index (χ3v) is 5.78. The normalized spacial score (nSPS) is 16.6. The monoisotopic (exact) mass is 507 g/mol. The highest BCUT2D eigenvalue weighted by atomic mass is 35.5. The van der Waals surface area contributed by atoms with Gasteiger partial charge in [0.25, 0.3) is 0 Å². The smallest absolute Gasteiger partial charge is 0.351 e. The van der Waals surface area contributed by atoms with Crippen LogP contribution in [0.15, 0.2) is 36.4 Å². The molecule has 0 radical (unpaired) electrons. The van der Waals surface area contributed by atoms with Crippen molar-refractivity contribution < 1.29 is 35.9 Å². The van der Waals surface area contributed by atoms with Crippen molar-refractivity contribution >= 4 is 29.2 Å². The fourth-order valence-corrected chi connectivity index (χ4v) is 4.22. The van der Waals surface area contributed by atoms with E-state index < -0.39 is 48.0 Å². The fraction of sp³-hybridized carbons (Fsp3) is 0.364. The number of urea groups is 1. The Hall–Kier alpha value is -2.95. The lowest BCUT2D eigenvalue weighted by atomic mass is 9.98. The van der Waals surface area contributed by atoms with Gasteiger partial charge in [-0.3, -0.25) is 9.69 Å². The molecule has 34 heavy (non-hydrogen) atoms. The van der Waals surface area contributed by atoms with Gasteiger partial charge in [0, 0.05) is 25.0 Å². The van der Waals surface area contributed by atoms with Gasteiger partial charge in [-0.05, 0) is 54.3 Å². The van der Waals surface area contributed by atoms with Crippen molar-refractivity contribution in [1.29, 1.82) is 0 Å². The van der Waals surface area contributed by atoms with Crippen LogP contribution in [0.3, 0.4) is 0 Å². The van der Waals surface area contributed by atoms with Crippen molar-refractivity contribution in [3.63, 3.8) is 0 Å². The second-order valence-electron chi connectivity index (χ2n) is 7.91. The molecule has 1 heterocycles. The lowest BCUT2D eigenvalue weighted by Crippen LogP contribution is -2.36. The van der Waals surface area contributed by atoms with Crippen molar-refractivity contribution in [1.82, 2.24) is 4.90 Å². The number of benzene rings is 2. The number of nitrogens with two attached hydrogens (primary N) is 1. The quantitative estimate of drug-likeness (QED) is 0.507. The van der Waals surface area contributed by atoms with Crippen LogP contribution < -0.4 is 10.6 Å². The second kappa shape index (κ2) is 9.36. The molecule has 184 valence electrons. The van der Waals surface area contributed by atoms with Gasteiger partial charge in [0.2, 0.25) is 5.91 Å². The Morgan fingerprint density at radius 1 is 1.06 bits per heavy atom. The van der Waals surface area contributed by atoms with E-state index >= 15 is 0 Å². The van der Waals surface area contributed by atoms with Crippen LogP contribution in [0.25, 0.3) is 0 Å². The molecule has 12 heteroatoms. The van der Waals surface area contributed by atoms with Gasteiger partial charge in [0.1, 0.15) is 0 Å². The molecule has 0 spiro atoms. The first-order chi connectivity index (χ1) is 15.7. The Bertz CT molecular complexity index is 1070. The molecule has 0 bridgehead atoms. The van der Waals surface area contributed by atoms with Crippen LogP contribution >= 0.6 is 11.6 Å². The minimum atomic E-state index is -5.01. The lowest BCUT2D eigenvalue weighted by molar-refractivity contribution is -0.143. The fourth-order valence-electron chi connectivity index (χ4n) is 4.05. The SMILES string of the molecule is CC(=O)N(Cc1cc(C(F)(F)F)cc(C(F)(F)F)c1)C1CCCN(C(N)=O)c2cc(Cl)ccc21. The van der Waals surface area contributed by atoms with Crippen LogP contribution in [0.1, 0.15) is 48.1 Å². The van der Waals surface area contributed by atoms with E-state index in [4.69, 9.17) is 17.3 Å². The molecule has 2 N–H and O–H groups in total. The molecule has 1 unspecified atom stereocenters. The molecule has 0 aromatic heterocycles. The zero-order valence-electron chi connectivity index (χ0n) is 17.8. The first kappa shape index (κ1) is 25.7. The van der Waals surface area contributed by atoms with E-state index in [-0.39, 0.29) is 23.2 Å². The standard InChI is InChI=1S/C22H20ClF6N3O2/c1-12(33)32(11-13-7-14(21(24,25)26)9-15(8-13)22(27,28)29)18-3-2-6-31(20(30)34)19-10-16(23)4-5-17(18)19/h4-5,7-10,18H,2-3,6,11H2,1H3,(H2,30,34). The summed E-state index contributed by atoms with van der Waals surface area (Å²) in [6.45, 7) is 0.864. The molecule has 0 saturated heterocycles. The summed E-state index contributed by atoms with van der Waals surface area (Å²) in [5, 5.41) is 0.285. The zero-order valence-corrected chi connectivity index (χ0v) is 18.6. The Labute approximate surface area is 196 Å². The molecule has 3 rings (SSSR count). The summed E-state index contributed by atoms with van der Waals surface area (Å²) in [6, 6.07) is 4.29. The van der Waals surface area contributed by atoms with Crippen LogP contribution in [0.2, 0.25) is 5.02 Å². The van der Waals surface area contributed by atoms with Crippen molar-refractivity contribution in [2.24, 2.45) is 5.73 Å². The molecule has 1 aliphatic heterocycles. The lowest BCUT2D eigenvalue weighted by Gasteiger charge is -2.32. The van der Waals surface area contributed by atoms with Crippen LogP contribution in [0.4, 0.5) is 36.8 Å². The van der Waals surface area contributed by atoms with Gasteiger partial charge in [-0.25, -0.2) is 4.79 Å². The average molecular weight is 508 g/mol. The van der Waals surface area contributed by atoms with Gasteiger partial charge in [-0.1, -0.05) is 17.7 Å². The number of nitrogens with zero attached hydrogens (tertiary/aromatic N) is 2. The van der Waals surface area contributed by atoms with Gasteiger partial charge in [-0.2, -0.15) is 26.3 Å². The Balaban J connectivity index is 2.09. The average Bonchev–Trinajstić information content (AvgIpc) is 2.89. The molecule has 3 amide bonds. The molecule has 1 aliphatic rings. The van der Waals surface area contributed by atoms with E-state index in [0.29, 0.717) is 36.2 Å². The molecular weight excluding hydrogens is 488 g/mol. The number of rotatable bonds is 3. The predicted octanol–water partition coefficient (Wildman–Crippen LogP) is 6.15. The van der Waals surface area contributed by atoms with Gasteiger partial charge in [0.15, 0.2) is 0 Å². The second-order valence-corrected chi connectivity index (χ2v) is 8.35. The summed E-state index contributed by atoms with van der Waals surface area (Å²) in [5.74, 6) is -0.565. The first-order valence-electron chi connectivity index (χ1n) is 10.1. The van der Waals surface area contributed by atoms with Crippen LogP contribution in [0.5, 0.6) is 0 Å². The topological polar surface area (TPSA) is 66.6 Å². The molecule has 0 aliphatic carbocycles. The summed E-state index contributed by atoms with van der Waals surface area (Å²) < 4.78 is 79.7. The van der Waals surface area contributed by atoms with Crippen LogP contribution in [-0.2, 0) is 23.7 Å². The summed E-state index contributed by atoms with van der Waals surface area (Å²) >= 11 is 6.07. The molecule has 0 fully saturated rings. The third kappa shape index (κ3) is 5.57. The number of fused-ring (bicyclic) bond motifs is 1. The summed E-state index contributed by atoms with van der Waals surface area (Å²) in [4.78, 5) is 27.0. The summed E-state index contributed by atoms with van der Waals surface area (Å²) in [5.41, 5.74) is 3.00. The van der Waals surface area contributed by atoms with Crippen molar-refractivity contribution in [2.75, 3.05) is 11.4 Å². The van der Waals surface area contributed by atoms with Crippen molar-refractivity contribution in [2.45, 2.75) is 44.7 Å². The molecule has 0 saturated carbocycles. The van der Waals surface area contributed by atoms with Crippen molar-refractivity contribution in [3.8, 4) is 0 Å². The number of carbonyl (C=O) groups is 2. The minimum absolute atomic E-state index is 0.0370.